The van der Waals surface area contributed by atoms with E-state index in [2.05, 4.69) is 29.9 Å². The van der Waals surface area contributed by atoms with Crippen molar-refractivity contribution in [2.24, 2.45) is 5.92 Å². The maximum Gasteiger partial charge on any atom is 0.333 e. The van der Waals surface area contributed by atoms with E-state index in [0.717, 1.165) is 26.5 Å². The zero-order chi connectivity index (χ0) is 19.0. The Morgan fingerprint density at radius 1 is 1.25 bits per heavy atom. The molecule has 0 bridgehead atoms. The monoisotopic (exact) mass is 367 g/mol. The van der Waals surface area contributed by atoms with Gasteiger partial charge in [-0.15, -0.1) is 0 Å². The molecule has 144 valence electrons. The summed E-state index contributed by atoms with van der Waals surface area (Å²) in [6.07, 6.45) is 6.11. The van der Waals surface area contributed by atoms with Gasteiger partial charge in [-0.25, -0.2) is 13.2 Å². The Kier molecular flexibility index (Phi) is 16.4. The lowest BCUT2D eigenvalue weighted by Crippen LogP contribution is -2.85. The Bertz CT molecular complexity index is 436. The van der Waals surface area contributed by atoms with Crippen LogP contribution in [0.1, 0.15) is 52.9 Å². The number of nitrogens with two attached hydrogens (primary N) is 1. The highest BCUT2D eigenvalue weighted by Crippen LogP contribution is 2.06. The lowest BCUT2D eigenvalue weighted by molar-refractivity contribution is -0.661. The molecule has 24 heavy (non-hydrogen) atoms. The molecule has 0 radical (unpaired) electrons. The van der Waals surface area contributed by atoms with Gasteiger partial charge in [-0.05, 0) is 26.2 Å². The molecule has 0 aromatic heterocycles. The molecule has 1 atom stereocenters. The Hall–Kier alpha value is -0.960. The zero-order valence-corrected chi connectivity index (χ0v) is 16.2. The molecule has 8 heteroatoms. The summed E-state index contributed by atoms with van der Waals surface area (Å²) >= 11 is 0. The summed E-state index contributed by atoms with van der Waals surface area (Å²) < 4.78 is 36.3. The molecule has 0 aliphatic carbocycles. The fourth-order valence-corrected chi connectivity index (χ4v) is 1.89. The second-order valence-electron chi connectivity index (χ2n) is 5.63. The predicted octanol–water partition coefficient (Wildman–Crippen LogP) is 1.37. The van der Waals surface area contributed by atoms with Crippen molar-refractivity contribution < 1.29 is 32.0 Å². The van der Waals surface area contributed by atoms with Crippen LogP contribution in [0.15, 0.2) is 12.2 Å². The van der Waals surface area contributed by atoms with Gasteiger partial charge in [0.2, 0.25) is 10.4 Å². The van der Waals surface area contributed by atoms with E-state index in [0.29, 0.717) is 18.1 Å². The molecule has 7 nitrogen and oxygen atoms in total. The van der Waals surface area contributed by atoms with Gasteiger partial charge in [0.1, 0.15) is 0 Å². The van der Waals surface area contributed by atoms with E-state index in [1.807, 2.05) is 0 Å². The summed E-state index contributed by atoms with van der Waals surface area (Å²) in [5.41, 5.74) is 0.483. The van der Waals surface area contributed by atoms with Crippen molar-refractivity contribution in [2.45, 2.75) is 52.9 Å². The zero-order valence-electron chi connectivity index (χ0n) is 15.4. The first kappa shape index (κ1) is 25.3. The van der Waals surface area contributed by atoms with Gasteiger partial charge in [0.05, 0.1) is 26.8 Å². The van der Waals surface area contributed by atoms with Crippen LogP contribution in [0.4, 0.5) is 0 Å². The highest BCUT2D eigenvalue weighted by atomic mass is 32.3. The van der Waals surface area contributed by atoms with E-state index in [-0.39, 0.29) is 5.97 Å². The normalized spacial score (nSPS) is 12.0. The van der Waals surface area contributed by atoms with E-state index >= 15 is 0 Å². The first-order chi connectivity index (χ1) is 11.2. The van der Waals surface area contributed by atoms with Gasteiger partial charge in [0.25, 0.3) is 0 Å². The molecular formula is C16H33NO6S. The lowest BCUT2D eigenvalue weighted by atomic mass is 10.0. The van der Waals surface area contributed by atoms with Crippen LogP contribution >= 0.6 is 0 Å². The minimum atomic E-state index is -4.41. The highest BCUT2D eigenvalue weighted by Gasteiger charge is 2.13. The molecule has 0 heterocycles. The Labute approximate surface area is 146 Å². The molecule has 0 spiro atoms. The topological polar surface area (TPSA) is 109 Å². The van der Waals surface area contributed by atoms with Crippen LogP contribution in [-0.4, -0.2) is 45.7 Å². The molecular weight excluding hydrogens is 334 g/mol. The minimum absolute atomic E-state index is 0.262. The van der Waals surface area contributed by atoms with Crippen LogP contribution in [-0.2, 0) is 24.1 Å². The van der Waals surface area contributed by atoms with E-state index in [1.54, 1.807) is 6.92 Å². The van der Waals surface area contributed by atoms with Gasteiger partial charge in [-0.3, -0.25) is 4.18 Å². The molecule has 2 N–H and O–H groups in total. The van der Waals surface area contributed by atoms with Crippen molar-refractivity contribution in [3.8, 4) is 0 Å². The Morgan fingerprint density at radius 2 is 1.83 bits per heavy atom. The number of esters is 1. The number of ether oxygens (including phenoxy) is 1. The van der Waals surface area contributed by atoms with E-state index in [4.69, 9.17) is 4.74 Å². The maximum absolute atomic E-state index is 11.3. The first-order valence-corrected chi connectivity index (χ1v) is 9.66. The van der Waals surface area contributed by atoms with E-state index in [1.165, 1.54) is 25.8 Å². The van der Waals surface area contributed by atoms with Crippen LogP contribution in [0.25, 0.3) is 0 Å². The third kappa shape index (κ3) is 19.1. The van der Waals surface area contributed by atoms with Gasteiger partial charge in [0.15, 0.2) is 0 Å². The number of carbonyl (C=O) groups excluding carboxylic acids is 1. The van der Waals surface area contributed by atoms with E-state index in [9.17, 15) is 17.8 Å². The number of hydrogen-bond acceptors (Lipinski definition) is 6. The van der Waals surface area contributed by atoms with E-state index < -0.39 is 10.4 Å². The molecule has 1 unspecified atom stereocenters. The molecule has 0 aliphatic heterocycles. The van der Waals surface area contributed by atoms with Gasteiger partial charge in [-0.2, -0.15) is 0 Å². The van der Waals surface area contributed by atoms with Gasteiger partial charge in [0, 0.05) is 11.5 Å². The van der Waals surface area contributed by atoms with Crippen molar-refractivity contribution in [2.75, 3.05) is 26.8 Å². The molecule has 0 saturated heterocycles. The average Bonchev–Trinajstić information content (AvgIpc) is 2.51. The number of rotatable bonds is 12. The molecule has 0 saturated carbocycles. The first-order valence-electron chi connectivity index (χ1n) is 8.33. The van der Waals surface area contributed by atoms with Crippen molar-refractivity contribution in [3.05, 3.63) is 12.2 Å². The molecule has 0 aromatic rings. The number of unbranched alkanes of at least 4 members (excludes halogenated alkanes) is 2. The predicted molar refractivity (Wildman–Crippen MR) is 92.1 cm³/mol. The second-order valence-corrected chi connectivity index (χ2v) is 6.78. The van der Waals surface area contributed by atoms with Crippen LogP contribution in [0.2, 0.25) is 0 Å². The molecule has 0 amide bonds. The van der Waals surface area contributed by atoms with Gasteiger partial charge >= 0.3 is 5.97 Å². The Morgan fingerprint density at radius 3 is 2.25 bits per heavy atom. The second kappa shape index (κ2) is 15.6. The average molecular weight is 368 g/mol. The maximum atomic E-state index is 11.3. The van der Waals surface area contributed by atoms with Crippen LogP contribution in [0, 0.1) is 5.92 Å². The van der Waals surface area contributed by atoms with Gasteiger partial charge < -0.3 is 14.6 Å². The number of quaternary nitrogens is 1. The third-order valence-corrected chi connectivity index (χ3v) is 3.62. The van der Waals surface area contributed by atoms with Crippen LogP contribution < -0.4 is 5.32 Å². The van der Waals surface area contributed by atoms with Crippen LogP contribution in [0.3, 0.4) is 0 Å². The molecule has 0 aromatic carbocycles. The van der Waals surface area contributed by atoms with Crippen molar-refractivity contribution in [1.82, 2.24) is 0 Å². The molecule has 0 fully saturated rings. The number of hydrogen-bond donors (Lipinski definition) is 1. The SMILES string of the molecule is C=C(C)C(=O)OCC(CCC)C[NH2+]CCCCC.COS(=O)(=O)[O-]. The summed E-state index contributed by atoms with van der Waals surface area (Å²) in [6.45, 7) is 12.4. The summed E-state index contributed by atoms with van der Waals surface area (Å²) in [7, 11) is -3.60. The quantitative estimate of drug-likeness (QED) is 0.183. The van der Waals surface area contributed by atoms with Crippen molar-refractivity contribution in [3.63, 3.8) is 0 Å². The van der Waals surface area contributed by atoms with Crippen molar-refractivity contribution in [1.29, 1.82) is 0 Å². The Balaban J connectivity index is 0. The summed E-state index contributed by atoms with van der Waals surface area (Å²) in [5, 5.41) is 2.35. The summed E-state index contributed by atoms with van der Waals surface area (Å²) in [4.78, 5) is 11.3. The minimum Gasteiger partial charge on any atom is -0.726 e. The highest BCUT2D eigenvalue weighted by molar-refractivity contribution is 7.80. The third-order valence-electron chi connectivity index (χ3n) is 3.21. The smallest absolute Gasteiger partial charge is 0.333 e. The van der Waals surface area contributed by atoms with Crippen molar-refractivity contribution >= 4 is 16.4 Å². The lowest BCUT2D eigenvalue weighted by Gasteiger charge is -2.15. The molecule has 0 aliphatic rings. The molecule has 0 rings (SSSR count). The summed E-state index contributed by atoms with van der Waals surface area (Å²) in [6, 6.07) is 0. The fourth-order valence-electron chi connectivity index (χ4n) is 1.89. The fraction of sp³-hybridized carbons (Fsp3) is 0.812. The summed E-state index contributed by atoms with van der Waals surface area (Å²) in [5.74, 6) is 0.210. The number of carbonyl (C=O) groups is 1. The van der Waals surface area contributed by atoms with Crippen LogP contribution in [0.5, 0.6) is 0 Å². The largest absolute Gasteiger partial charge is 0.726 e. The van der Waals surface area contributed by atoms with Gasteiger partial charge in [-0.1, -0.05) is 33.3 Å². The standard InChI is InChI=1S/C15H29NO2.CH4O4S/c1-5-7-8-10-16-11-14(9-6-2)12-18-15(17)13(3)4;1-5-6(2,3)4/h14,16H,3,5-12H2,1-2,4H3;1H3,(H,2,3,4).